The predicted molar refractivity (Wildman–Crippen MR) is 80.8 cm³/mol. The third kappa shape index (κ3) is 3.35. The van der Waals surface area contributed by atoms with Gasteiger partial charge in [0, 0.05) is 15.7 Å². The molecule has 0 radical (unpaired) electrons. The number of hydrogen-bond acceptors (Lipinski definition) is 2. The van der Waals surface area contributed by atoms with E-state index in [2.05, 4.69) is 35.1 Å². The summed E-state index contributed by atoms with van der Waals surface area (Å²) in [5.41, 5.74) is 1.21. The zero-order chi connectivity index (χ0) is 13.1. The van der Waals surface area contributed by atoms with Crippen LogP contribution in [0.3, 0.4) is 0 Å². The molecule has 4 heteroatoms. The minimum Gasteiger partial charge on any atom is -0.347 e. The number of nitrogens with one attached hydrogen (secondary N) is 1. The Morgan fingerprint density at radius 3 is 2.72 bits per heavy atom. The maximum Gasteiger partial charge on any atom is 0.261 e. The molecule has 1 saturated carbocycles. The molecule has 1 aromatic rings. The second-order valence-electron chi connectivity index (χ2n) is 5.08. The van der Waals surface area contributed by atoms with Crippen LogP contribution < -0.4 is 5.32 Å². The van der Waals surface area contributed by atoms with Crippen LogP contribution in [0.15, 0.2) is 6.07 Å². The molecule has 0 saturated heterocycles. The van der Waals surface area contributed by atoms with Gasteiger partial charge < -0.3 is 5.32 Å². The summed E-state index contributed by atoms with van der Waals surface area (Å²) in [4.78, 5) is 14.7. The highest BCUT2D eigenvalue weighted by molar-refractivity contribution is 9.09. The number of amides is 1. The topological polar surface area (TPSA) is 29.1 Å². The average Bonchev–Trinajstić information content (AvgIpc) is 2.54. The summed E-state index contributed by atoms with van der Waals surface area (Å²) in [6, 6.07) is 2.28. The van der Waals surface area contributed by atoms with Crippen LogP contribution in [-0.4, -0.2) is 16.8 Å². The van der Waals surface area contributed by atoms with Crippen molar-refractivity contribution >= 4 is 33.2 Å². The summed E-state index contributed by atoms with van der Waals surface area (Å²) in [5, 5.41) is 3.19. The first kappa shape index (κ1) is 14.1. The quantitative estimate of drug-likeness (QED) is 0.639. The number of carbonyl (C=O) groups is 1. The molecule has 0 bridgehead atoms. The van der Waals surface area contributed by atoms with Gasteiger partial charge in [-0.2, -0.15) is 0 Å². The SMILES string of the molecule is Cc1cc(C(=O)NC2CCCCCC2Br)sc1C. The predicted octanol–water partition coefficient (Wildman–Crippen LogP) is 4.19. The largest absolute Gasteiger partial charge is 0.347 e. The summed E-state index contributed by atoms with van der Waals surface area (Å²) in [6.07, 6.45) is 6.01. The molecule has 0 aromatic carbocycles. The third-order valence-electron chi connectivity index (χ3n) is 3.64. The molecule has 2 rings (SSSR count). The number of halogens is 1. The highest BCUT2D eigenvalue weighted by atomic mass is 79.9. The Hall–Kier alpha value is -0.350. The lowest BCUT2D eigenvalue weighted by atomic mass is 10.1. The molecule has 1 aliphatic carbocycles. The van der Waals surface area contributed by atoms with E-state index in [4.69, 9.17) is 0 Å². The van der Waals surface area contributed by atoms with Crippen molar-refractivity contribution in [3.8, 4) is 0 Å². The van der Waals surface area contributed by atoms with Crippen molar-refractivity contribution in [2.45, 2.75) is 56.8 Å². The molecule has 1 aliphatic rings. The van der Waals surface area contributed by atoms with Crippen molar-refractivity contribution in [1.29, 1.82) is 0 Å². The summed E-state index contributed by atoms with van der Waals surface area (Å²) >= 11 is 5.30. The first-order valence-electron chi connectivity index (χ1n) is 6.60. The summed E-state index contributed by atoms with van der Waals surface area (Å²) < 4.78 is 0. The molecule has 1 fully saturated rings. The van der Waals surface area contributed by atoms with E-state index in [1.54, 1.807) is 11.3 Å². The molecular weight excluding hydrogens is 310 g/mol. The molecule has 1 N–H and O–H groups in total. The Morgan fingerprint density at radius 1 is 1.33 bits per heavy atom. The zero-order valence-electron chi connectivity index (χ0n) is 11.0. The van der Waals surface area contributed by atoms with Gasteiger partial charge in [0.2, 0.25) is 0 Å². The fourth-order valence-corrected chi connectivity index (χ4v) is 4.01. The van der Waals surface area contributed by atoms with Crippen molar-refractivity contribution in [2.24, 2.45) is 0 Å². The number of aryl methyl sites for hydroxylation is 2. The van der Waals surface area contributed by atoms with Gasteiger partial charge in [0.05, 0.1) is 4.88 Å². The monoisotopic (exact) mass is 329 g/mol. The fraction of sp³-hybridized carbons (Fsp3) is 0.643. The van der Waals surface area contributed by atoms with Crippen molar-refractivity contribution in [3.63, 3.8) is 0 Å². The van der Waals surface area contributed by atoms with E-state index in [0.717, 1.165) is 17.7 Å². The fourth-order valence-electron chi connectivity index (χ4n) is 2.35. The lowest BCUT2D eigenvalue weighted by Crippen LogP contribution is -2.40. The molecule has 100 valence electrons. The van der Waals surface area contributed by atoms with Crippen LogP contribution in [0.1, 0.15) is 52.2 Å². The van der Waals surface area contributed by atoms with Crippen LogP contribution in [0, 0.1) is 13.8 Å². The summed E-state index contributed by atoms with van der Waals surface area (Å²) in [5.74, 6) is 0.0903. The molecular formula is C14H20BrNOS. The minimum absolute atomic E-state index is 0.0903. The van der Waals surface area contributed by atoms with Gasteiger partial charge in [0.15, 0.2) is 0 Å². The van der Waals surface area contributed by atoms with Crippen LogP contribution in [-0.2, 0) is 0 Å². The molecule has 0 aliphatic heterocycles. The van der Waals surface area contributed by atoms with Crippen molar-refractivity contribution in [3.05, 3.63) is 21.4 Å². The van der Waals surface area contributed by atoms with Crippen molar-refractivity contribution in [2.75, 3.05) is 0 Å². The summed E-state index contributed by atoms with van der Waals surface area (Å²) in [7, 11) is 0. The van der Waals surface area contributed by atoms with E-state index in [0.29, 0.717) is 4.83 Å². The standard InChI is InChI=1S/C14H20BrNOS/c1-9-8-13(18-10(9)2)14(17)16-12-7-5-3-4-6-11(12)15/h8,11-12H,3-7H2,1-2H3,(H,16,17). The van der Waals surface area contributed by atoms with Gasteiger partial charge in [-0.3, -0.25) is 4.79 Å². The molecule has 1 aromatic heterocycles. The van der Waals surface area contributed by atoms with Gasteiger partial charge >= 0.3 is 0 Å². The summed E-state index contributed by atoms with van der Waals surface area (Å²) in [6.45, 7) is 4.12. The zero-order valence-corrected chi connectivity index (χ0v) is 13.4. The number of carbonyl (C=O) groups excluding carboxylic acids is 1. The van der Waals surface area contributed by atoms with E-state index < -0.39 is 0 Å². The first-order chi connectivity index (χ1) is 8.58. The van der Waals surface area contributed by atoms with E-state index in [-0.39, 0.29) is 11.9 Å². The normalized spacial score (nSPS) is 24.6. The Balaban J connectivity index is 2.01. The Morgan fingerprint density at radius 2 is 2.06 bits per heavy atom. The number of hydrogen-bond donors (Lipinski definition) is 1. The number of alkyl halides is 1. The third-order valence-corrected chi connectivity index (χ3v) is 5.89. The number of rotatable bonds is 2. The molecule has 2 atom stereocenters. The highest BCUT2D eigenvalue weighted by Gasteiger charge is 2.23. The molecule has 1 heterocycles. The maximum atomic E-state index is 12.2. The second kappa shape index (κ2) is 6.20. The van der Waals surface area contributed by atoms with Crippen LogP contribution in [0.4, 0.5) is 0 Å². The molecule has 2 nitrogen and oxygen atoms in total. The molecule has 1 amide bonds. The van der Waals surface area contributed by atoms with Crippen LogP contribution in [0.2, 0.25) is 0 Å². The van der Waals surface area contributed by atoms with Crippen molar-refractivity contribution in [1.82, 2.24) is 5.32 Å². The lowest BCUT2D eigenvalue weighted by molar-refractivity contribution is 0.0939. The number of thiophene rings is 1. The van der Waals surface area contributed by atoms with Gasteiger partial charge in [-0.25, -0.2) is 0 Å². The Labute approximate surface area is 121 Å². The van der Waals surface area contributed by atoms with E-state index >= 15 is 0 Å². The van der Waals surface area contributed by atoms with Crippen LogP contribution >= 0.6 is 27.3 Å². The molecule has 0 spiro atoms. The highest BCUT2D eigenvalue weighted by Crippen LogP contribution is 2.25. The smallest absolute Gasteiger partial charge is 0.261 e. The average molecular weight is 330 g/mol. The van der Waals surface area contributed by atoms with E-state index in [9.17, 15) is 4.79 Å². The van der Waals surface area contributed by atoms with E-state index in [1.807, 2.05) is 6.07 Å². The van der Waals surface area contributed by atoms with Gasteiger partial charge in [-0.05, 0) is 38.3 Å². The van der Waals surface area contributed by atoms with E-state index in [1.165, 1.54) is 29.7 Å². The van der Waals surface area contributed by atoms with Crippen molar-refractivity contribution < 1.29 is 4.79 Å². The van der Waals surface area contributed by atoms with Gasteiger partial charge in [-0.1, -0.05) is 35.2 Å². The Bertz CT molecular complexity index is 410. The minimum atomic E-state index is 0.0903. The second-order valence-corrected chi connectivity index (χ2v) is 7.52. The first-order valence-corrected chi connectivity index (χ1v) is 8.33. The van der Waals surface area contributed by atoms with Crippen LogP contribution in [0.5, 0.6) is 0 Å². The maximum absolute atomic E-state index is 12.2. The van der Waals surface area contributed by atoms with Crippen LogP contribution in [0.25, 0.3) is 0 Å². The lowest BCUT2D eigenvalue weighted by Gasteiger charge is -2.21. The molecule has 18 heavy (non-hydrogen) atoms. The van der Waals surface area contributed by atoms with Gasteiger partial charge in [-0.15, -0.1) is 11.3 Å². The Kier molecular flexibility index (Phi) is 4.84. The molecule has 2 unspecified atom stereocenters. The van der Waals surface area contributed by atoms with Gasteiger partial charge in [0.1, 0.15) is 0 Å². The van der Waals surface area contributed by atoms with Gasteiger partial charge in [0.25, 0.3) is 5.91 Å².